The fourth-order valence-electron chi connectivity index (χ4n) is 1.43. The lowest BCUT2D eigenvalue weighted by Gasteiger charge is -2.13. The molecule has 0 aliphatic rings. The zero-order valence-electron chi connectivity index (χ0n) is 9.50. The van der Waals surface area contributed by atoms with Crippen LogP contribution in [0.5, 0.6) is 0 Å². The second-order valence-electron chi connectivity index (χ2n) is 3.62. The molecule has 0 radical (unpaired) electrons. The summed E-state index contributed by atoms with van der Waals surface area (Å²) in [6.45, 7) is 2.67. The lowest BCUT2D eigenvalue weighted by Crippen LogP contribution is -2.08. The number of aliphatic hydroxyl groups is 1. The van der Waals surface area contributed by atoms with Crippen LogP contribution in [0.25, 0.3) is 0 Å². The molecule has 0 bridgehead atoms. The number of alkyl halides is 3. The van der Waals surface area contributed by atoms with Gasteiger partial charge in [0.2, 0.25) is 0 Å². The number of hydrogen-bond acceptors (Lipinski definition) is 2. The molecule has 0 aromatic heterocycles. The largest absolute Gasteiger partial charge is 0.416 e. The minimum atomic E-state index is -4.38. The van der Waals surface area contributed by atoms with E-state index in [-0.39, 0.29) is 12.0 Å². The summed E-state index contributed by atoms with van der Waals surface area (Å²) >= 11 is 0. The van der Waals surface area contributed by atoms with Gasteiger partial charge in [0, 0.05) is 19.6 Å². The first-order valence-electron chi connectivity index (χ1n) is 5.38. The van der Waals surface area contributed by atoms with E-state index in [2.05, 4.69) is 0 Å². The first-order chi connectivity index (χ1) is 7.95. The van der Waals surface area contributed by atoms with Crippen LogP contribution in [-0.4, -0.2) is 18.3 Å². The van der Waals surface area contributed by atoms with Crippen molar-refractivity contribution in [1.29, 1.82) is 0 Å². The Morgan fingerprint density at radius 1 is 1.35 bits per heavy atom. The predicted molar refractivity (Wildman–Crippen MR) is 57.5 cm³/mol. The molecule has 0 spiro atoms. The van der Waals surface area contributed by atoms with Crippen LogP contribution in [0.3, 0.4) is 0 Å². The van der Waals surface area contributed by atoms with Crippen LogP contribution >= 0.6 is 0 Å². The molecule has 1 atom stereocenters. The van der Waals surface area contributed by atoms with E-state index >= 15 is 0 Å². The van der Waals surface area contributed by atoms with Gasteiger partial charge in [0.15, 0.2) is 0 Å². The van der Waals surface area contributed by atoms with Crippen LogP contribution in [0.4, 0.5) is 13.2 Å². The summed E-state index contributed by atoms with van der Waals surface area (Å²) in [4.78, 5) is 0. The molecule has 2 nitrogen and oxygen atoms in total. The molecule has 0 amide bonds. The smallest absolute Gasteiger partial charge is 0.388 e. The van der Waals surface area contributed by atoms with Gasteiger partial charge < -0.3 is 9.84 Å². The van der Waals surface area contributed by atoms with Gasteiger partial charge in [0.25, 0.3) is 0 Å². The normalized spacial score (nSPS) is 13.7. The third kappa shape index (κ3) is 4.36. The second kappa shape index (κ2) is 6.02. The summed E-state index contributed by atoms with van der Waals surface area (Å²) in [5, 5.41) is 9.69. The molecule has 17 heavy (non-hydrogen) atoms. The van der Waals surface area contributed by atoms with Gasteiger partial charge in [-0.3, -0.25) is 0 Å². The zero-order valence-corrected chi connectivity index (χ0v) is 9.50. The number of aliphatic hydroxyl groups excluding tert-OH is 1. The van der Waals surface area contributed by atoms with Crippen molar-refractivity contribution >= 4 is 0 Å². The van der Waals surface area contributed by atoms with Crippen LogP contribution in [0.2, 0.25) is 0 Å². The molecule has 0 fully saturated rings. The molecule has 0 aliphatic heterocycles. The molecule has 1 rings (SSSR count). The number of ether oxygens (including phenoxy) is 1. The van der Waals surface area contributed by atoms with Crippen LogP contribution < -0.4 is 0 Å². The van der Waals surface area contributed by atoms with Gasteiger partial charge in [-0.1, -0.05) is 12.1 Å². The van der Waals surface area contributed by atoms with Gasteiger partial charge >= 0.3 is 6.18 Å². The monoisotopic (exact) mass is 248 g/mol. The molecular weight excluding hydrogens is 233 g/mol. The lowest BCUT2D eigenvalue weighted by molar-refractivity contribution is -0.137. The topological polar surface area (TPSA) is 29.5 Å². The van der Waals surface area contributed by atoms with Crippen molar-refractivity contribution in [2.24, 2.45) is 0 Å². The van der Waals surface area contributed by atoms with E-state index in [0.29, 0.717) is 13.2 Å². The molecule has 0 heterocycles. The van der Waals surface area contributed by atoms with Crippen molar-refractivity contribution in [3.05, 3.63) is 35.4 Å². The van der Waals surface area contributed by atoms with Crippen molar-refractivity contribution in [2.45, 2.75) is 25.6 Å². The molecule has 5 heteroatoms. The highest BCUT2D eigenvalue weighted by molar-refractivity contribution is 5.27. The van der Waals surface area contributed by atoms with Gasteiger partial charge in [0.1, 0.15) is 0 Å². The Bertz CT molecular complexity index is 350. The van der Waals surface area contributed by atoms with Crippen LogP contribution in [0, 0.1) is 0 Å². The highest BCUT2D eigenvalue weighted by atomic mass is 19.4. The fraction of sp³-hybridized carbons (Fsp3) is 0.500. The van der Waals surface area contributed by atoms with Crippen LogP contribution in [0.1, 0.15) is 30.6 Å². The number of rotatable bonds is 5. The average molecular weight is 248 g/mol. The van der Waals surface area contributed by atoms with Gasteiger partial charge in [-0.25, -0.2) is 0 Å². The van der Waals surface area contributed by atoms with E-state index in [1.54, 1.807) is 0 Å². The quantitative estimate of drug-likeness (QED) is 0.811. The average Bonchev–Trinajstić information content (AvgIpc) is 2.28. The molecular formula is C12H15F3O2. The van der Waals surface area contributed by atoms with Crippen LogP contribution in [0.15, 0.2) is 24.3 Å². The van der Waals surface area contributed by atoms with Gasteiger partial charge in [-0.15, -0.1) is 0 Å². The fourth-order valence-corrected chi connectivity index (χ4v) is 1.43. The van der Waals surface area contributed by atoms with E-state index in [4.69, 9.17) is 4.74 Å². The summed E-state index contributed by atoms with van der Waals surface area (Å²) in [6, 6.07) is 4.73. The maximum atomic E-state index is 12.4. The van der Waals surface area contributed by atoms with E-state index in [9.17, 15) is 18.3 Å². The van der Waals surface area contributed by atoms with Gasteiger partial charge in [-0.2, -0.15) is 13.2 Å². The molecule has 1 aromatic rings. The highest BCUT2D eigenvalue weighted by Gasteiger charge is 2.30. The summed E-state index contributed by atoms with van der Waals surface area (Å²) in [6.07, 6.45) is -5.02. The number of benzene rings is 1. The van der Waals surface area contributed by atoms with Crippen LogP contribution in [-0.2, 0) is 10.9 Å². The highest BCUT2D eigenvalue weighted by Crippen LogP contribution is 2.31. The molecule has 1 N–H and O–H groups in total. The minimum Gasteiger partial charge on any atom is -0.388 e. The Kier molecular flexibility index (Phi) is 4.96. The Morgan fingerprint density at radius 2 is 2.06 bits per heavy atom. The maximum absolute atomic E-state index is 12.4. The molecule has 96 valence electrons. The Hall–Kier alpha value is -1.07. The standard InChI is InChI=1S/C12H15F3O2/c1-2-17-7-6-11(16)9-4-3-5-10(8-9)12(13,14)15/h3-5,8,11,16H,2,6-7H2,1H3. The van der Waals surface area contributed by atoms with Crippen molar-refractivity contribution < 1.29 is 23.0 Å². The van der Waals surface area contributed by atoms with Gasteiger partial charge in [-0.05, 0) is 24.6 Å². The Labute approximate surface area is 98.0 Å². The third-order valence-corrected chi connectivity index (χ3v) is 2.34. The summed E-state index contributed by atoms with van der Waals surface area (Å²) in [7, 11) is 0. The first-order valence-corrected chi connectivity index (χ1v) is 5.38. The van der Waals surface area contributed by atoms with Crippen molar-refractivity contribution in [3.8, 4) is 0 Å². The molecule has 0 saturated heterocycles. The first kappa shape index (κ1) is 14.0. The molecule has 1 unspecified atom stereocenters. The van der Waals surface area contributed by atoms with Crippen molar-refractivity contribution in [2.75, 3.05) is 13.2 Å². The maximum Gasteiger partial charge on any atom is 0.416 e. The SMILES string of the molecule is CCOCCC(O)c1cccc(C(F)(F)F)c1. The van der Waals surface area contributed by atoms with E-state index in [0.717, 1.165) is 12.1 Å². The Balaban J connectivity index is 2.71. The third-order valence-electron chi connectivity index (χ3n) is 2.34. The predicted octanol–water partition coefficient (Wildman–Crippen LogP) is 3.17. The van der Waals surface area contributed by atoms with E-state index < -0.39 is 17.8 Å². The van der Waals surface area contributed by atoms with Gasteiger partial charge in [0.05, 0.1) is 11.7 Å². The number of halogens is 3. The second-order valence-corrected chi connectivity index (χ2v) is 3.62. The summed E-state index contributed by atoms with van der Waals surface area (Å²) < 4.78 is 42.3. The molecule has 1 aromatic carbocycles. The summed E-state index contributed by atoms with van der Waals surface area (Å²) in [5.41, 5.74) is -0.481. The molecule has 0 aliphatic carbocycles. The molecule has 0 saturated carbocycles. The minimum absolute atomic E-state index is 0.263. The van der Waals surface area contributed by atoms with E-state index in [1.807, 2.05) is 6.92 Å². The van der Waals surface area contributed by atoms with E-state index in [1.165, 1.54) is 12.1 Å². The Morgan fingerprint density at radius 3 is 2.65 bits per heavy atom. The summed E-state index contributed by atoms with van der Waals surface area (Å²) in [5.74, 6) is 0. The lowest BCUT2D eigenvalue weighted by atomic mass is 10.0. The zero-order chi connectivity index (χ0) is 12.9. The number of hydrogen-bond donors (Lipinski definition) is 1. The van der Waals surface area contributed by atoms with Crippen molar-refractivity contribution in [3.63, 3.8) is 0 Å². The van der Waals surface area contributed by atoms with Crippen molar-refractivity contribution in [1.82, 2.24) is 0 Å².